The fourth-order valence-electron chi connectivity index (χ4n) is 13.8. The molecule has 5 aliphatic rings. The normalized spacial score (nSPS) is 37.1. The molecule has 6 rings (SSSR count). The average Bonchev–Trinajstić information content (AvgIpc) is 3.54. The molecule has 0 aliphatic heterocycles. The van der Waals surface area contributed by atoms with Crippen molar-refractivity contribution in [1.29, 1.82) is 0 Å². The number of methoxy groups -OCH3 is 1. The number of hydrogen-bond acceptors (Lipinski definition) is 6. The summed E-state index contributed by atoms with van der Waals surface area (Å²) >= 11 is 0. The maximum atomic E-state index is 14.6. The van der Waals surface area contributed by atoms with E-state index in [1.807, 2.05) is 0 Å². The van der Waals surface area contributed by atoms with Gasteiger partial charge in [0.2, 0.25) is 5.91 Å². The highest BCUT2D eigenvalue weighted by Crippen LogP contribution is 2.77. The Morgan fingerprint density at radius 2 is 1.64 bits per heavy atom. The lowest BCUT2D eigenvalue weighted by atomic mass is 9.32. The Morgan fingerprint density at radius 1 is 0.906 bits per heavy atom. The van der Waals surface area contributed by atoms with Crippen molar-refractivity contribution in [3.05, 3.63) is 53.6 Å². The van der Waals surface area contributed by atoms with Gasteiger partial charge in [0.1, 0.15) is 6.61 Å². The van der Waals surface area contributed by atoms with Crippen molar-refractivity contribution in [2.75, 3.05) is 40.4 Å². The van der Waals surface area contributed by atoms with Crippen molar-refractivity contribution in [2.24, 2.45) is 56.7 Å². The number of nitrogens with zero attached hydrogens (tertiary/aromatic N) is 1. The van der Waals surface area contributed by atoms with Gasteiger partial charge in [-0.25, -0.2) is 9.78 Å². The van der Waals surface area contributed by atoms with Crippen LogP contribution in [0.15, 0.2) is 42.5 Å². The first-order valence-corrected chi connectivity index (χ1v) is 20.8. The largest absolute Gasteiger partial charge is 0.469 e. The minimum absolute atomic E-state index is 0.0690. The number of fused-ring (bicyclic) bond motifs is 7. The molecule has 0 spiro atoms. The van der Waals surface area contributed by atoms with Crippen LogP contribution in [-0.4, -0.2) is 57.2 Å². The number of likely N-dealkylation sites (N-methyl/N-ethyl adjacent to an activating group) is 1. The van der Waals surface area contributed by atoms with E-state index in [1.165, 1.54) is 49.5 Å². The Bertz CT molecular complexity index is 1550. The minimum atomic E-state index is -0.323. The van der Waals surface area contributed by atoms with E-state index >= 15 is 0 Å². The number of carbonyl (C=O) groups is 2. The Hall–Kier alpha value is -2.48. The Kier molecular flexibility index (Phi) is 11.5. The van der Waals surface area contributed by atoms with Gasteiger partial charge < -0.3 is 15.0 Å². The molecule has 7 nitrogen and oxygen atoms in total. The number of carbonyl (C=O) groups excluding carboxylic acids is 2. The number of ether oxygens (including phenoxy) is 1. The number of rotatable bonds is 13. The lowest BCUT2D eigenvalue weighted by Gasteiger charge is -2.72. The number of nitrogens with one attached hydrogen (secondary N) is 1. The number of esters is 1. The summed E-state index contributed by atoms with van der Waals surface area (Å²) in [6.07, 6.45) is 13.2. The SMILES string of the molecule is C=C(C)[C@@H]1CC[C@]2(C(=O)NCCN(CC)CCC(=O)OC)CC[C@]3(C)[C@H](CC[C@@H]4[C@@]5(C)CC=C(c6ccc(COOC)cc6)C(C)(C)[C@@H]5CC[C@]43C)[C@@H]12. The third kappa shape index (κ3) is 6.67. The number of benzene rings is 1. The summed E-state index contributed by atoms with van der Waals surface area (Å²) in [6, 6.07) is 8.91. The molecule has 7 heteroatoms. The zero-order valence-corrected chi connectivity index (χ0v) is 34.6. The molecule has 1 N–H and O–H groups in total. The van der Waals surface area contributed by atoms with Crippen LogP contribution in [0, 0.1) is 56.7 Å². The van der Waals surface area contributed by atoms with Crippen LogP contribution >= 0.6 is 0 Å². The molecule has 0 heterocycles. The van der Waals surface area contributed by atoms with Gasteiger partial charge in [0.25, 0.3) is 0 Å². The lowest BCUT2D eigenvalue weighted by Crippen LogP contribution is -2.66. The van der Waals surface area contributed by atoms with Crippen LogP contribution in [0.25, 0.3) is 5.57 Å². The van der Waals surface area contributed by atoms with Crippen molar-refractivity contribution in [1.82, 2.24) is 10.2 Å². The average molecular weight is 731 g/mol. The Balaban J connectivity index is 1.23. The van der Waals surface area contributed by atoms with Gasteiger partial charge in [-0.15, -0.1) is 0 Å². The molecule has 5 aliphatic carbocycles. The fraction of sp³-hybridized carbons (Fsp3) is 0.739. The molecule has 0 unspecified atom stereocenters. The van der Waals surface area contributed by atoms with E-state index in [9.17, 15) is 9.59 Å². The van der Waals surface area contributed by atoms with Crippen molar-refractivity contribution in [3.63, 3.8) is 0 Å². The van der Waals surface area contributed by atoms with Gasteiger partial charge >= 0.3 is 5.97 Å². The third-order valence-corrected chi connectivity index (χ3v) is 16.7. The molecule has 9 atom stereocenters. The van der Waals surface area contributed by atoms with Crippen molar-refractivity contribution >= 4 is 17.4 Å². The lowest BCUT2D eigenvalue weighted by molar-refractivity contribution is -0.282. The molecule has 1 amide bonds. The van der Waals surface area contributed by atoms with Gasteiger partial charge in [0.05, 0.1) is 26.1 Å². The summed E-state index contributed by atoms with van der Waals surface area (Å²) in [6.45, 7) is 25.2. The topological polar surface area (TPSA) is 77.1 Å². The number of allylic oxidation sites excluding steroid dienone is 3. The van der Waals surface area contributed by atoms with Gasteiger partial charge in [0.15, 0.2) is 0 Å². The van der Waals surface area contributed by atoms with E-state index in [1.54, 1.807) is 7.11 Å². The van der Waals surface area contributed by atoms with Crippen LogP contribution in [0.1, 0.15) is 124 Å². The molecule has 294 valence electrons. The van der Waals surface area contributed by atoms with E-state index in [4.69, 9.17) is 14.5 Å². The van der Waals surface area contributed by atoms with Gasteiger partial charge in [-0.2, -0.15) is 0 Å². The maximum absolute atomic E-state index is 14.6. The first-order valence-electron chi connectivity index (χ1n) is 20.8. The summed E-state index contributed by atoms with van der Waals surface area (Å²) in [4.78, 5) is 38.6. The molecular formula is C46H70N2O5. The van der Waals surface area contributed by atoms with Crippen LogP contribution in [-0.2, 0) is 30.7 Å². The molecule has 0 radical (unpaired) electrons. The van der Waals surface area contributed by atoms with E-state index < -0.39 is 0 Å². The quantitative estimate of drug-likeness (QED) is 0.0944. The second-order valence-electron chi connectivity index (χ2n) is 19.0. The van der Waals surface area contributed by atoms with E-state index in [0.717, 1.165) is 50.8 Å². The van der Waals surface area contributed by atoms with Gasteiger partial charge in [-0.3, -0.25) is 9.59 Å². The van der Waals surface area contributed by atoms with Gasteiger partial charge in [-0.05, 0) is 139 Å². The van der Waals surface area contributed by atoms with Crippen LogP contribution < -0.4 is 5.32 Å². The standard InChI is InChI=1S/C46H70N2O5/c1-11-48(28-21-39(49)51-9)29-27-47-41(50)46-24-18-34(31(2)3)40(46)36-16-17-38-43(6)22-19-35(33-14-12-32(13-15-33)30-53-52-10)42(4,5)37(43)20-23-45(38,8)44(36,7)25-26-46/h12-15,19,34,36-38,40H,2,11,16-18,20-30H2,1,3-10H3,(H,47,50)/t34-,36+,37-,38+,40+,43-,44+,45+,46-/m0/s1. The van der Waals surface area contributed by atoms with Crippen molar-refractivity contribution in [3.8, 4) is 0 Å². The number of amides is 1. The van der Waals surface area contributed by atoms with E-state index in [-0.39, 0.29) is 39.0 Å². The fourth-order valence-corrected chi connectivity index (χ4v) is 13.8. The summed E-state index contributed by atoms with van der Waals surface area (Å²) in [7, 11) is 2.99. The van der Waals surface area contributed by atoms with Crippen molar-refractivity contribution < 1.29 is 24.1 Å². The Labute approximate surface area is 321 Å². The van der Waals surface area contributed by atoms with Crippen LogP contribution in [0.3, 0.4) is 0 Å². The van der Waals surface area contributed by atoms with Crippen molar-refractivity contribution in [2.45, 2.75) is 119 Å². The summed E-state index contributed by atoms with van der Waals surface area (Å²) in [5.74, 6) is 2.60. The predicted octanol–water partition coefficient (Wildman–Crippen LogP) is 9.42. The van der Waals surface area contributed by atoms with Crippen LogP contribution in [0.5, 0.6) is 0 Å². The molecule has 4 fully saturated rings. The predicted molar refractivity (Wildman–Crippen MR) is 212 cm³/mol. The molecule has 0 bridgehead atoms. The second-order valence-corrected chi connectivity index (χ2v) is 19.0. The first kappa shape index (κ1) is 40.2. The summed E-state index contributed by atoms with van der Waals surface area (Å²) in [5.41, 5.74) is 5.59. The zero-order chi connectivity index (χ0) is 38.4. The molecule has 1 aromatic carbocycles. The van der Waals surface area contributed by atoms with Gasteiger partial charge in [0, 0.05) is 19.6 Å². The third-order valence-electron chi connectivity index (χ3n) is 16.7. The monoisotopic (exact) mass is 731 g/mol. The molecule has 4 saturated carbocycles. The van der Waals surface area contributed by atoms with Gasteiger partial charge in [-0.1, -0.05) is 84.0 Å². The summed E-state index contributed by atoms with van der Waals surface area (Å²) in [5, 5.41) is 3.45. The van der Waals surface area contributed by atoms with E-state index in [2.05, 4.69) is 95.6 Å². The highest BCUT2D eigenvalue weighted by Gasteiger charge is 2.71. The molecule has 0 saturated heterocycles. The second kappa shape index (κ2) is 15.2. The highest BCUT2D eigenvalue weighted by molar-refractivity contribution is 5.84. The number of hydrogen-bond donors (Lipinski definition) is 1. The summed E-state index contributed by atoms with van der Waals surface area (Å²) < 4.78 is 4.86. The highest BCUT2D eigenvalue weighted by atomic mass is 17.2. The van der Waals surface area contributed by atoms with Crippen LogP contribution in [0.4, 0.5) is 0 Å². The zero-order valence-electron chi connectivity index (χ0n) is 34.6. The van der Waals surface area contributed by atoms with Crippen LogP contribution in [0.2, 0.25) is 0 Å². The molecular weight excluding hydrogens is 661 g/mol. The molecule has 0 aromatic heterocycles. The maximum Gasteiger partial charge on any atom is 0.306 e. The molecule has 1 aromatic rings. The van der Waals surface area contributed by atoms with E-state index in [0.29, 0.717) is 55.7 Å². The first-order chi connectivity index (χ1) is 25.1. The minimum Gasteiger partial charge on any atom is -0.469 e. The smallest absolute Gasteiger partial charge is 0.306 e. The molecule has 53 heavy (non-hydrogen) atoms. The Morgan fingerprint density at radius 3 is 2.30 bits per heavy atom.